The molecule has 6 unspecified atom stereocenters. The van der Waals surface area contributed by atoms with E-state index in [0.29, 0.717) is 17.3 Å². The molecule has 2 saturated carbocycles. The number of rotatable bonds is 1. The first-order chi connectivity index (χ1) is 7.86. The quantitative estimate of drug-likeness (QED) is 0.625. The molecular weight excluding hydrogens is 208 g/mol. The van der Waals surface area contributed by atoms with Crippen molar-refractivity contribution >= 4 is 6.29 Å². The summed E-state index contributed by atoms with van der Waals surface area (Å²) in [6, 6.07) is 0. The van der Waals surface area contributed by atoms with E-state index in [4.69, 9.17) is 0 Å². The lowest BCUT2D eigenvalue weighted by Crippen LogP contribution is -2.48. The van der Waals surface area contributed by atoms with Gasteiger partial charge in [0.2, 0.25) is 0 Å². The second-order valence-corrected chi connectivity index (χ2v) is 7.55. The third-order valence-electron chi connectivity index (χ3n) is 6.02. The minimum absolute atomic E-state index is 0.316. The fourth-order valence-corrected chi connectivity index (χ4v) is 4.73. The zero-order valence-electron chi connectivity index (χ0n) is 12.1. The maximum atomic E-state index is 11.2. The number of hydrogen-bond acceptors (Lipinski definition) is 1. The van der Waals surface area contributed by atoms with Crippen LogP contribution in [0.2, 0.25) is 0 Å². The Hall–Kier alpha value is -0.330. The van der Waals surface area contributed by atoms with E-state index in [1.165, 1.54) is 19.1 Å². The molecule has 0 aliphatic heterocycles. The first-order valence-electron chi connectivity index (χ1n) is 7.32. The minimum Gasteiger partial charge on any atom is -0.303 e. The Balaban J connectivity index is 2.24. The monoisotopic (exact) mass is 236 g/mol. The molecule has 0 aromatic carbocycles. The summed E-state index contributed by atoms with van der Waals surface area (Å²) in [4.78, 5) is 11.2. The van der Waals surface area contributed by atoms with E-state index in [0.717, 1.165) is 30.1 Å². The predicted octanol–water partition coefficient (Wildman–Crippen LogP) is 4.17. The first-order valence-corrected chi connectivity index (χ1v) is 7.32. The number of carbonyl (C=O) groups is 1. The van der Waals surface area contributed by atoms with Crippen molar-refractivity contribution in [1.29, 1.82) is 0 Å². The van der Waals surface area contributed by atoms with Crippen LogP contribution >= 0.6 is 0 Å². The van der Waals surface area contributed by atoms with Crippen LogP contribution in [0, 0.1) is 40.9 Å². The SMILES string of the molecule is CC1CC2C(C)C(C)CC(C)(C)C2CC1C=O. The predicted molar refractivity (Wildman–Crippen MR) is 71.7 cm³/mol. The molecule has 0 aromatic rings. The smallest absolute Gasteiger partial charge is 0.123 e. The van der Waals surface area contributed by atoms with Crippen LogP contribution in [-0.4, -0.2) is 6.29 Å². The second-order valence-electron chi connectivity index (χ2n) is 7.55. The lowest BCUT2D eigenvalue weighted by Gasteiger charge is -2.55. The summed E-state index contributed by atoms with van der Waals surface area (Å²) in [5.41, 5.74) is 0.429. The fraction of sp³-hybridized carbons (Fsp3) is 0.938. The molecule has 17 heavy (non-hydrogen) atoms. The Bertz CT molecular complexity index is 294. The van der Waals surface area contributed by atoms with Gasteiger partial charge >= 0.3 is 0 Å². The van der Waals surface area contributed by atoms with Crippen LogP contribution in [0.1, 0.15) is 53.9 Å². The lowest BCUT2D eigenvalue weighted by atomic mass is 9.50. The van der Waals surface area contributed by atoms with Gasteiger partial charge in [-0.15, -0.1) is 0 Å². The van der Waals surface area contributed by atoms with E-state index in [2.05, 4.69) is 34.6 Å². The van der Waals surface area contributed by atoms with Crippen molar-refractivity contribution in [2.24, 2.45) is 40.9 Å². The molecule has 0 bridgehead atoms. The van der Waals surface area contributed by atoms with E-state index in [9.17, 15) is 4.79 Å². The van der Waals surface area contributed by atoms with E-state index < -0.39 is 0 Å². The normalized spacial score (nSPS) is 49.5. The van der Waals surface area contributed by atoms with Crippen molar-refractivity contribution in [1.82, 2.24) is 0 Å². The average molecular weight is 236 g/mol. The number of fused-ring (bicyclic) bond motifs is 1. The molecule has 2 fully saturated rings. The third-order valence-corrected chi connectivity index (χ3v) is 6.02. The van der Waals surface area contributed by atoms with Gasteiger partial charge in [-0.05, 0) is 54.3 Å². The Morgan fingerprint density at radius 1 is 1.06 bits per heavy atom. The molecule has 2 aliphatic rings. The molecule has 0 heterocycles. The summed E-state index contributed by atoms with van der Waals surface area (Å²) >= 11 is 0. The maximum Gasteiger partial charge on any atom is 0.123 e. The average Bonchev–Trinajstić information content (AvgIpc) is 2.25. The molecule has 1 nitrogen and oxygen atoms in total. The summed E-state index contributed by atoms with van der Waals surface area (Å²) in [6.07, 6.45) is 4.96. The van der Waals surface area contributed by atoms with Gasteiger partial charge in [-0.25, -0.2) is 0 Å². The van der Waals surface area contributed by atoms with Crippen LogP contribution in [0.25, 0.3) is 0 Å². The Kier molecular flexibility index (Phi) is 3.40. The van der Waals surface area contributed by atoms with Gasteiger partial charge in [-0.1, -0.05) is 34.6 Å². The van der Waals surface area contributed by atoms with Gasteiger partial charge in [0.1, 0.15) is 6.29 Å². The van der Waals surface area contributed by atoms with E-state index in [-0.39, 0.29) is 0 Å². The summed E-state index contributed by atoms with van der Waals surface area (Å²) in [6.45, 7) is 12.0. The van der Waals surface area contributed by atoms with Gasteiger partial charge in [-0.2, -0.15) is 0 Å². The molecule has 0 radical (unpaired) electrons. The lowest BCUT2D eigenvalue weighted by molar-refractivity contribution is -0.119. The topological polar surface area (TPSA) is 17.1 Å². The van der Waals surface area contributed by atoms with Crippen LogP contribution in [0.3, 0.4) is 0 Å². The Morgan fingerprint density at radius 2 is 1.71 bits per heavy atom. The zero-order chi connectivity index (χ0) is 12.8. The first kappa shape index (κ1) is 13.1. The van der Waals surface area contributed by atoms with Crippen LogP contribution < -0.4 is 0 Å². The summed E-state index contributed by atoms with van der Waals surface area (Å²) in [7, 11) is 0. The van der Waals surface area contributed by atoms with Crippen molar-refractivity contribution in [3.8, 4) is 0 Å². The number of hydrogen-bond donors (Lipinski definition) is 0. The highest BCUT2D eigenvalue weighted by Gasteiger charge is 2.49. The third kappa shape index (κ3) is 2.18. The molecule has 1 heteroatoms. The molecule has 0 saturated heterocycles. The van der Waals surface area contributed by atoms with E-state index in [1.54, 1.807) is 0 Å². The van der Waals surface area contributed by atoms with Crippen molar-refractivity contribution in [3.63, 3.8) is 0 Å². The Morgan fingerprint density at radius 3 is 2.29 bits per heavy atom. The summed E-state index contributed by atoms with van der Waals surface area (Å²) in [5, 5.41) is 0. The molecular formula is C16H28O. The largest absolute Gasteiger partial charge is 0.303 e. The van der Waals surface area contributed by atoms with Gasteiger partial charge in [0.15, 0.2) is 0 Å². The van der Waals surface area contributed by atoms with Gasteiger partial charge in [0.05, 0.1) is 0 Å². The van der Waals surface area contributed by atoms with Crippen LogP contribution in [-0.2, 0) is 4.79 Å². The molecule has 6 atom stereocenters. The minimum atomic E-state index is 0.316. The van der Waals surface area contributed by atoms with Gasteiger partial charge in [0.25, 0.3) is 0 Å². The molecule has 2 rings (SSSR count). The molecule has 98 valence electrons. The maximum absolute atomic E-state index is 11.2. The van der Waals surface area contributed by atoms with Crippen LogP contribution in [0.5, 0.6) is 0 Å². The zero-order valence-corrected chi connectivity index (χ0v) is 12.1. The van der Waals surface area contributed by atoms with Crippen molar-refractivity contribution in [2.45, 2.75) is 53.9 Å². The standard InChI is InChI=1S/C16H28O/c1-10-6-14-12(3)11(2)8-16(4,5)15(14)7-13(10)9-17/h9-15H,6-8H2,1-5H3. The Labute approximate surface area is 106 Å². The van der Waals surface area contributed by atoms with E-state index in [1.807, 2.05) is 0 Å². The molecule has 0 amide bonds. The molecule has 0 spiro atoms. The highest BCUT2D eigenvalue weighted by atomic mass is 16.1. The summed E-state index contributed by atoms with van der Waals surface area (Å²) < 4.78 is 0. The number of carbonyl (C=O) groups excluding carboxylic acids is 1. The van der Waals surface area contributed by atoms with Crippen LogP contribution in [0.4, 0.5) is 0 Å². The van der Waals surface area contributed by atoms with Crippen molar-refractivity contribution < 1.29 is 4.79 Å². The highest BCUT2D eigenvalue weighted by Crippen LogP contribution is 2.56. The number of aldehydes is 1. The van der Waals surface area contributed by atoms with Crippen molar-refractivity contribution in [3.05, 3.63) is 0 Å². The fourth-order valence-electron chi connectivity index (χ4n) is 4.73. The molecule has 2 aliphatic carbocycles. The second kappa shape index (κ2) is 4.40. The highest BCUT2D eigenvalue weighted by molar-refractivity contribution is 5.54. The molecule has 0 N–H and O–H groups in total. The van der Waals surface area contributed by atoms with Crippen molar-refractivity contribution in [2.75, 3.05) is 0 Å². The van der Waals surface area contributed by atoms with Gasteiger partial charge in [-0.3, -0.25) is 0 Å². The van der Waals surface area contributed by atoms with Gasteiger partial charge in [0, 0.05) is 5.92 Å². The van der Waals surface area contributed by atoms with E-state index >= 15 is 0 Å². The van der Waals surface area contributed by atoms with Gasteiger partial charge < -0.3 is 4.79 Å². The molecule has 0 aromatic heterocycles. The summed E-state index contributed by atoms with van der Waals surface area (Å²) in [5.74, 6) is 4.20. The van der Waals surface area contributed by atoms with Crippen LogP contribution in [0.15, 0.2) is 0 Å².